The summed E-state index contributed by atoms with van der Waals surface area (Å²) in [5, 5.41) is 6.63. The lowest BCUT2D eigenvalue weighted by atomic mass is 10.0. The summed E-state index contributed by atoms with van der Waals surface area (Å²) in [6.07, 6.45) is 3.23. The quantitative estimate of drug-likeness (QED) is 0.787. The van der Waals surface area contributed by atoms with Crippen molar-refractivity contribution >= 4 is 11.3 Å². The second kappa shape index (κ2) is 8.15. The van der Waals surface area contributed by atoms with E-state index in [-0.39, 0.29) is 0 Å². The first kappa shape index (κ1) is 16.0. The number of rotatable bonds is 8. The van der Waals surface area contributed by atoms with Gasteiger partial charge in [-0.1, -0.05) is 32.0 Å². The number of ether oxygens (including phenoxy) is 1. The summed E-state index contributed by atoms with van der Waals surface area (Å²) in [5.74, 6) is 0.948. The van der Waals surface area contributed by atoms with Crippen molar-refractivity contribution in [2.24, 2.45) is 0 Å². The molecule has 1 aromatic heterocycles. The van der Waals surface area contributed by atoms with Crippen molar-refractivity contribution in [3.05, 3.63) is 45.9 Å². The van der Waals surface area contributed by atoms with E-state index >= 15 is 0 Å². The number of hydrogen-bond acceptors (Lipinski definition) is 4. The van der Waals surface area contributed by atoms with E-state index < -0.39 is 0 Å². The Morgan fingerprint density at radius 2 is 2.10 bits per heavy atom. The molecule has 0 aliphatic carbocycles. The van der Waals surface area contributed by atoms with Gasteiger partial charge in [0.2, 0.25) is 0 Å². The number of thiazole rings is 1. The summed E-state index contributed by atoms with van der Waals surface area (Å²) < 4.78 is 6.00. The molecule has 1 aromatic carbocycles. The van der Waals surface area contributed by atoms with Crippen molar-refractivity contribution in [1.29, 1.82) is 0 Å². The van der Waals surface area contributed by atoms with Crippen molar-refractivity contribution < 1.29 is 4.74 Å². The summed E-state index contributed by atoms with van der Waals surface area (Å²) in [6.45, 7) is 4.89. The monoisotopic (exact) mass is 304 g/mol. The van der Waals surface area contributed by atoms with Gasteiger partial charge in [-0.2, -0.15) is 0 Å². The van der Waals surface area contributed by atoms with E-state index in [1.54, 1.807) is 11.3 Å². The zero-order valence-electron chi connectivity index (χ0n) is 13.1. The Morgan fingerprint density at radius 3 is 2.81 bits per heavy atom. The minimum absolute atomic E-state index is 0.326. The van der Waals surface area contributed by atoms with Gasteiger partial charge in [-0.25, -0.2) is 4.98 Å². The predicted octanol–water partition coefficient (Wildman–Crippen LogP) is 4.35. The highest BCUT2D eigenvalue weighted by molar-refractivity contribution is 7.09. The molecule has 2 rings (SSSR count). The molecule has 1 unspecified atom stereocenters. The van der Waals surface area contributed by atoms with E-state index in [1.807, 2.05) is 19.2 Å². The molecule has 0 radical (unpaired) electrons. The van der Waals surface area contributed by atoms with E-state index in [4.69, 9.17) is 4.74 Å². The molecular formula is C17H24N2OS. The molecule has 0 spiro atoms. The molecule has 0 fully saturated rings. The number of para-hydroxylation sites is 1. The fourth-order valence-corrected chi connectivity index (χ4v) is 3.26. The topological polar surface area (TPSA) is 34.1 Å². The van der Waals surface area contributed by atoms with Crippen LogP contribution < -0.4 is 10.1 Å². The highest BCUT2D eigenvalue weighted by atomic mass is 32.1. The normalized spacial score (nSPS) is 12.3. The van der Waals surface area contributed by atoms with Crippen LogP contribution in [0.4, 0.5) is 0 Å². The van der Waals surface area contributed by atoms with Crippen molar-refractivity contribution in [3.8, 4) is 5.75 Å². The van der Waals surface area contributed by atoms with Crippen molar-refractivity contribution in [2.75, 3.05) is 7.05 Å². The van der Waals surface area contributed by atoms with Crippen LogP contribution in [-0.2, 0) is 13.0 Å². The van der Waals surface area contributed by atoms with Crippen LogP contribution in [0.1, 0.15) is 49.0 Å². The molecule has 4 heteroatoms. The molecule has 0 bridgehead atoms. The van der Waals surface area contributed by atoms with E-state index in [2.05, 4.69) is 41.7 Å². The highest BCUT2D eigenvalue weighted by Gasteiger charge is 2.12. The predicted molar refractivity (Wildman–Crippen MR) is 89.0 cm³/mol. The number of hydrogen-bond donors (Lipinski definition) is 1. The third-order valence-electron chi connectivity index (χ3n) is 3.49. The molecule has 0 saturated carbocycles. The Morgan fingerprint density at radius 1 is 1.29 bits per heavy atom. The standard InChI is InChI=1S/C17H24N2OS/c1-4-8-17-19-13(12-21-17)11-20-16-10-7-6-9-14(16)15(5-2)18-3/h6-7,9-10,12,15,18H,4-5,8,11H2,1-3H3. The van der Waals surface area contributed by atoms with Crippen molar-refractivity contribution in [2.45, 2.75) is 45.8 Å². The van der Waals surface area contributed by atoms with Gasteiger partial charge >= 0.3 is 0 Å². The first-order valence-corrected chi connectivity index (χ1v) is 8.48. The molecule has 1 heterocycles. The van der Waals surface area contributed by atoms with E-state index in [1.165, 1.54) is 10.6 Å². The molecule has 1 atom stereocenters. The smallest absolute Gasteiger partial charge is 0.131 e. The molecule has 1 N–H and O–H groups in total. The second-order valence-electron chi connectivity index (χ2n) is 5.06. The van der Waals surface area contributed by atoms with Gasteiger partial charge in [0, 0.05) is 17.0 Å². The van der Waals surface area contributed by atoms with Gasteiger partial charge in [0.15, 0.2) is 0 Å². The Bertz CT molecular complexity index is 549. The van der Waals surface area contributed by atoms with Crippen LogP contribution in [0, 0.1) is 0 Å². The van der Waals surface area contributed by atoms with Gasteiger partial charge < -0.3 is 10.1 Å². The molecule has 0 amide bonds. The molecule has 2 aromatic rings. The lowest BCUT2D eigenvalue weighted by Crippen LogP contribution is -2.16. The van der Waals surface area contributed by atoms with Crippen LogP contribution in [0.25, 0.3) is 0 Å². The van der Waals surface area contributed by atoms with Gasteiger partial charge in [-0.3, -0.25) is 0 Å². The molecule has 21 heavy (non-hydrogen) atoms. The number of nitrogens with one attached hydrogen (secondary N) is 1. The largest absolute Gasteiger partial charge is 0.487 e. The van der Waals surface area contributed by atoms with Crippen LogP contribution in [-0.4, -0.2) is 12.0 Å². The van der Waals surface area contributed by atoms with Crippen molar-refractivity contribution in [1.82, 2.24) is 10.3 Å². The summed E-state index contributed by atoms with van der Waals surface area (Å²) in [6, 6.07) is 8.57. The molecule has 3 nitrogen and oxygen atoms in total. The average molecular weight is 304 g/mol. The Hall–Kier alpha value is -1.39. The van der Waals surface area contributed by atoms with Gasteiger partial charge in [0.05, 0.1) is 10.7 Å². The minimum atomic E-state index is 0.326. The van der Waals surface area contributed by atoms with Gasteiger partial charge in [0.25, 0.3) is 0 Å². The van der Waals surface area contributed by atoms with E-state index in [0.717, 1.165) is 30.7 Å². The number of nitrogens with zero attached hydrogens (tertiary/aromatic N) is 1. The summed E-state index contributed by atoms with van der Waals surface area (Å²) >= 11 is 1.73. The number of aryl methyl sites for hydroxylation is 1. The van der Waals surface area contributed by atoms with Crippen LogP contribution in [0.5, 0.6) is 5.75 Å². The lowest BCUT2D eigenvalue weighted by Gasteiger charge is -2.18. The van der Waals surface area contributed by atoms with Crippen LogP contribution in [0.15, 0.2) is 29.6 Å². The van der Waals surface area contributed by atoms with Gasteiger partial charge in [-0.05, 0) is 32.4 Å². The lowest BCUT2D eigenvalue weighted by molar-refractivity contribution is 0.295. The fraction of sp³-hybridized carbons (Fsp3) is 0.471. The van der Waals surface area contributed by atoms with Crippen LogP contribution >= 0.6 is 11.3 Å². The third-order valence-corrected chi connectivity index (χ3v) is 4.45. The maximum atomic E-state index is 6.00. The van der Waals surface area contributed by atoms with Crippen LogP contribution in [0.3, 0.4) is 0 Å². The van der Waals surface area contributed by atoms with Gasteiger partial charge in [-0.15, -0.1) is 11.3 Å². The summed E-state index contributed by atoms with van der Waals surface area (Å²) in [7, 11) is 1.99. The molecule has 0 aliphatic rings. The van der Waals surface area contributed by atoms with Crippen molar-refractivity contribution in [3.63, 3.8) is 0 Å². The minimum Gasteiger partial charge on any atom is -0.487 e. The molecular weight excluding hydrogens is 280 g/mol. The number of benzene rings is 1. The zero-order chi connectivity index (χ0) is 15.1. The summed E-state index contributed by atoms with van der Waals surface area (Å²) in [5.41, 5.74) is 2.24. The van der Waals surface area contributed by atoms with Gasteiger partial charge in [0.1, 0.15) is 12.4 Å². The molecule has 114 valence electrons. The Balaban J connectivity index is 2.05. The second-order valence-corrected chi connectivity index (χ2v) is 6.00. The maximum absolute atomic E-state index is 6.00. The third kappa shape index (κ3) is 4.29. The fourth-order valence-electron chi connectivity index (χ4n) is 2.37. The van der Waals surface area contributed by atoms with E-state index in [9.17, 15) is 0 Å². The molecule has 0 saturated heterocycles. The zero-order valence-corrected chi connectivity index (χ0v) is 13.9. The Kier molecular flexibility index (Phi) is 6.21. The highest BCUT2D eigenvalue weighted by Crippen LogP contribution is 2.27. The maximum Gasteiger partial charge on any atom is 0.131 e. The first-order valence-electron chi connectivity index (χ1n) is 7.60. The SMILES string of the molecule is CCCc1nc(COc2ccccc2C(CC)NC)cs1. The first-order chi connectivity index (χ1) is 10.3. The number of aromatic nitrogens is 1. The average Bonchev–Trinajstić information content (AvgIpc) is 2.96. The Labute approximate surface area is 131 Å². The van der Waals surface area contributed by atoms with Crippen LogP contribution in [0.2, 0.25) is 0 Å². The molecule has 0 aliphatic heterocycles. The summed E-state index contributed by atoms with van der Waals surface area (Å²) in [4.78, 5) is 4.61. The van der Waals surface area contributed by atoms with E-state index in [0.29, 0.717) is 12.6 Å².